The Hall–Kier alpha value is -2.18. The Balaban J connectivity index is 2.65. The van der Waals surface area contributed by atoms with Gasteiger partial charge in [-0.2, -0.15) is 0 Å². The van der Waals surface area contributed by atoms with Crippen molar-refractivity contribution in [1.29, 1.82) is 0 Å². The molecule has 3 atom stereocenters. The zero-order valence-corrected chi connectivity index (χ0v) is 16.2. The molecule has 0 fully saturated rings. The van der Waals surface area contributed by atoms with Gasteiger partial charge in [-0.15, -0.1) is 6.58 Å². The van der Waals surface area contributed by atoms with E-state index in [1.54, 1.807) is 6.08 Å². The lowest BCUT2D eigenvalue weighted by molar-refractivity contribution is -0.131. The number of hydrogen-bond donors (Lipinski definition) is 4. The fourth-order valence-corrected chi connectivity index (χ4v) is 2.78. The number of amides is 2. The molecule has 0 saturated carbocycles. The Morgan fingerprint density at radius 3 is 2.30 bits per heavy atom. The van der Waals surface area contributed by atoms with Crippen molar-refractivity contribution >= 4 is 11.8 Å². The van der Waals surface area contributed by atoms with Crippen LogP contribution >= 0.6 is 0 Å². The van der Waals surface area contributed by atoms with Crippen LogP contribution in [0.2, 0.25) is 0 Å². The highest BCUT2D eigenvalue weighted by atomic mass is 16.3. The number of nitrogens with one attached hydrogen (secondary N) is 2. The molecule has 0 bridgehead atoms. The van der Waals surface area contributed by atoms with Gasteiger partial charge in [0.15, 0.2) is 0 Å². The van der Waals surface area contributed by atoms with Crippen LogP contribution in [0.5, 0.6) is 0 Å². The minimum atomic E-state index is -0.564. The summed E-state index contributed by atoms with van der Waals surface area (Å²) >= 11 is 0. The summed E-state index contributed by atoms with van der Waals surface area (Å²) < 4.78 is 0. The molecule has 0 aliphatic rings. The van der Waals surface area contributed by atoms with Gasteiger partial charge in [0.05, 0.1) is 31.2 Å². The lowest BCUT2D eigenvalue weighted by Gasteiger charge is -2.24. The van der Waals surface area contributed by atoms with Crippen molar-refractivity contribution in [3.8, 4) is 0 Å². The maximum Gasteiger partial charge on any atom is 0.224 e. The molecule has 1 rings (SSSR count). The summed E-state index contributed by atoms with van der Waals surface area (Å²) in [5.41, 5.74) is 1.01. The van der Waals surface area contributed by atoms with E-state index in [4.69, 9.17) is 0 Å². The van der Waals surface area contributed by atoms with Crippen molar-refractivity contribution in [3.63, 3.8) is 0 Å². The van der Waals surface area contributed by atoms with Gasteiger partial charge in [-0.1, -0.05) is 50.3 Å². The second-order valence-electron chi connectivity index (χ2n) is 7.10. The molecule has 0 radical (unpaired) electrons. The second kappa shape index (κ2) is 12.3. The van der Waals surface area contributed by atoms with Gasteiger partial charge >= 0.3 is 0 Å². The summed E-state index contributed by atoms with van der Waals surface area (Å²) in [5.74, 6) is -1.05. The lowest BCUT2D eigenvalue weighted by Crippen LogP contribution is -2.46. The molecule has 0 spiro atoms. The van der Waals surface area contributed by atoms with Crippen molar-refractivity contribution < 1.29 is 19.8 Å². The van der Waals surface area contributed by atoms with Gasteiger partial charge in [-0.25, -0.2) is 0 Å². The molecule has 0 saturated heterocycles. The minimum Gasteiger partial charge on any atom is -0.394 e. The summed E-state index contributed by atoms with van der Waals surface area (Å²) in [6, 6.07) is 8.83. The Morgan fingerprint density at radius 1 is 1.11 bits per heavy atom. The molecular formula is C21H32N2O4. The molecule has 3 unspecified atom stereocenters. The SMILES string of the molecule is C=CCC(CC(=O)NC(CO)Cc1ccccc1)C(=O)NC(CO)C(C)C. The molecule has 6 nitrogen and oxygen atoms in total. The van der Waals surface area contributed by atoms with Crippen LogP contribution in [-0.4, -0.2) is 47.3 Å². The number of carbonyl (C=O) groups is 2. The van der Waals surface area contributed by atoms with Crippen molar-refractivity contribution in [2.24, 2.45) is 11.8 Å². The van der Waals surface area contributed by atoms with E-state index in [0.717, 1.165) is 5.56 Å². The van der Waals surface area contributed by atoms with Crippen molar-refractivity contribution in [3.05, 3.63) is 48.6 Å². The normalized spacial score (nSPS) is 14.3. The van der Waals surface area contributed by atoms with Gasteiger partial charge in [0.25, 0.3) is 0 Å². The molecule has 150 valence electrons. The van der Waals surface area contributed by atoms with Crippen LogP contribution in [0, 0.1) is 11.8 Å². The summed E-state index contributed by atoms with van der Waals surface area (Å²) in [4.78, 5) is 24.9. The van der Waals surface area contributed by atoms with E-state index < -0.39 is 12.0 Å². The average Bonchev–Trinajstić information content (AvgIpc) is 2.65. The molecule has 1 aromatic rings. The smallest absolute Gasteiger partial charge is 0.224 e. The van der Waals surface area contributed by atoms with Gasteiger partial charge in [0.2, 0.25) is 11.8 Å². The third-order valence-corrected chi connectivity index (χ3v) is 4.49. The fourth-order valence-electron chi connectivity index (χ4n) is 2.78. The molecule has 6 heteroatoms. The number of rotatable bonds is 12. The maximum absolute atomic E-state index is 12.5. The molecule has 4 N–H and O–H groups in total. The molecule has 2 amide bonds. The van der Waals surface area contributed by atoms with E-state index >= 15 is 0 Å². The van der Waals surface area contributed by atoms with Crippen molar-refractivity contribution in [2.75, 3.05) is 13.2 Å². The van der Waals surface area contributed by atoms with Crippen LogP contribution in [0.25, 0.3) is 0 Å². The highest BCUT2D eigenvalue weighted by molar-refractivity contribution is 5.86. The van der Waals surface area contributed by atoms with Gasteiger partial charge < -0.3 is 20.8 Å². The Kier molecular flexibility index (Phi) is 10.4. The van der Waals surface area contributed by atoms with E-state index in [2.05, 4.69) is 17.2 Å². The average molecular weight is 376 g/mol. The summed E-state index contributed by atoms with van der Waals surface area (Å²) in [5, 5.41) is 24.5. The monoisotopic (exact) mass is 376 g/mol. The van der Waals surface area contributed by atoms with Crippen LogP contribution in [0.15, 0.2) is 43.0 Å². The van der Waals surface area contributed by atoms with Crippen molar-refractivity contribution in [1.82, 2.24) is 10.6 Å². The van der Waals surface area contributed by atoms with E-state index in [1.807, 2.05) is 44.2 Å². The van der Waals surface area contributed by atoms with E-state index in [9.17, 15) is 19.8 Å². The fraction of sp³-hybridized carbons (Fsp3) is 0.524. The van der Waals surface area contributed by atoms with E-state index in [-0.39, 0.29) is 43.4 Å². The Bertz CT molecular complexity index is 589. The molecular weight excluding hydrogens is 344 g/mol. The van der Waals surface area contributed by atoms with E-state index in [1.165, 1.54) is 0 Å². The Labute approximate surface area is 161 Å². The third-order valence-electron chi connectivity index (χ3n) is 4.49. The first-order valence-corrected chi connectivity index (χ1v) is 9.37. The molecule has 27 heavy (non-hydrogen) atoms. The van der Waals surface area contributed by atoms with Crippen LogP contribution in [0.1, 0.15) is 32.3 Å². The van der Waals surface area contributed by atoms with Gasteiger partial charge in [-0.05, 0) is 24.3 Å². The number of allylic oxidation sites excluding steroid dienone is 1. The number of benzene rings is 1. The number of carbonyl (C=O) groups excluding carboxylic acids is 2. The first-order chi connectivity index (χ1) is 12.9. The highest BCUT2D eigenvalue weighted by Gasteiger charge is 2.25. The third kappa shape index (κ3) is 8.37. The van der Waals surface area contributed by atoms with Crippen LogP contribution in [0.3, 0.4) is 0 Å². The molecule has 1 aromatic carbocycles. The topological polar surface area (TPSA) is 98.7 Å². The standard InChI is InChI=1S/C21H32N2O4/c1-4-8-17(21(27)23-19(14-25)15(2)3)12-20(26)22-18(13-24)11-16-9-6-5-7-10-16/h4-7,9-10,15,17-19,24-25H,1,8,11-14H2,2-3H3,(H,22,26)(H,23,27). The zero-order chi connectivity index (χ0) is 20.2. The van der Waals surface area contributed by atoms with Gasteiger partial charge in [0.1, 0.15) is 0 Å². The first kappa shape index (κ1) is 22.9. The second-order valence-corrected chi connectivity index (χ2v) is 7.10. The maximum atomic E-state index is 12.5. The molecule has 0 heterocycles. The molecule has 0 aromatic heterocycles. The summed E-state index contributed by atoms with van der Waals surface area (Å²) in [6.45, 7) is 7.14. The predicted octanol–water partition coefficient (Wildman–Crippen LogP) is 1.42. The molecule has 0 aliphatic heterocycles. The van der Waals surface area contributed by atoms with E-state index in [0.29, 0.717) is 12.8 Å². The van der Waals surface area contributed by atoms with Crippen LogP contribution in [0.4, 0.5) is 0 Å². The van der Waals surface area contributed by atoms with Crippen LogP contribution < -0.4 is 10.6 Å². The predicted molar refractivity (Wildman–Crippen MR) is 106 cm³/mol. The van der Waals surface area contributed by atoms with Crippen LogP contribution in [-0.2, 0) is 16.0 Å². The van der Waals surface area contributed by atoms with Gasteiger partial charge in [-0.3, -0.25) is 9.59 Å². The lowest BCUT2D eigenvalue weighted by atomic mass is 9.97. The Morgan fingerprint density at radius 2 is 1.78 bits per heavy atom. The van der Waals surface area contributed by atoms with Gasteiger partial charge in [0, 0.05) is 6.42 Å². The number of hydrogen-bond acceptors (Lipinski definition) is 4. The highest BCUT2D eigenvalue weighted by Crippen LogP contribution is 2.12. The number of aliphatic hydroxyl groups is 2. The summed E-state index contributed by atoms with van der Waals surface area (Å²) in [7, 11) is 0. The largest absolute Gasteiger partial charge is 0.394 e. The quantitative estimate of drug-likeness (QED) is 0.415. The molecule has 0 aliphatic carbocycles. The zero-order valence-electron chi connectivity index (χ0n) is 16.2. The minimum absolute atomic E-state index is 0.000608. The summed E-state index contributed by atoms with van der Waals surface area (Å²) in [6.07, 6.45) is 2.48. The van der Waals surface area contributed by atoms with Crippen molar-refractivity contribution in [2.45, 2.75) is 45.2 Å². The number of aliphatic hydroxyl groups excluding tert-OH is 2. The first-order valence-electron chi connectivity index (χ1n) is 9.37.